The third-order valence-corrected chi connectivity index (χ3v) is 14.4. The molecule has 0 spiro atoms. The Kier molecular flexibility index (Phi) is 7.18. The van der Waals surface area contributed by atoms with Crippen LogP contribution in [-0.2, 0) is 9.53 Å². The zero-order valence-corrected chi connectivity index (χ0v) is 26.1. The van der Waals surface area contributed by atoms with E-state index in [1.807, 2.05) is 6.92 Å². The Hall–Kier alpha value is -1.34. The van der Waals surface area contributed by atoms with Crippen LogP contribution in [0.25, 0.3) is 0 Å². The van der Waals surface area contributed by atoms with Crippen LogP contribution in [0.2, 0.25) is 0 Å². The van der Waals surface area contributed by atoms with Crippen LogP contribution in [0, 0.1) is 73.9 Å². The molecule has 0 aromatic heterocycles. The van der Waals surface area contributed by atoms with Gasteiger partial charge in [0.2, 0.25) is 0 Å². The summed E-state index contributed by atoms with van der Waals surface area (Å²) >= 11 is 0. The number of rotatable bonds is 4. The second kappa shape index (κ2) is 9.61. The predicted molar refractivity (Wildman–Crippen MR) is 155 cm³/mol. The highest BCUT2D eigenvalue weighted by Crippen LogP contribution is 2.76. The number of fused-ring (bicyclic) bond motifs is 7. The van der Waals surface area contributed by atoms with Gasteiger partial charge in [-0.25, -0.2) is 0 Å². The number of aliphatic hydroxyl groups is 1. The average Bonchev–Trinajstić information content (AvgIpc) is 2.89. The van der Waals surface area contributed by atoms with Crippen LogP contribution in [-0.4, -0.2) is 23.8 Å². The summed E-state index contributed by atoms with van der Waals surface area (Å²) < 4.78 is 5.82. The number of carbonyl (C=O) groups excluding carboxylic acids is 1. The third kappa shape index (κ3) is 3.80. The van der Waals surface area contributed by atoms with E-state index < -0.39 is 17.4 Å². The molecule has 39 heavy (non-hydrogen) atoms. The standard InChI is InChI=1S/C35H55NO3/c1-9-10-19-39-30(38)35(8)27-14-16-34(7)26(32(27,5)20-24(21-36)29(35)37)12-11-25-28-23(3)22(2)13-15-31(28,4)17-18-33(25,34)6/h11,22-24,26-29,37H,9-10,12-20H2,1-8H3/t22-,23+,24?,26-,27-,28+,29+,31-,32-,33-,34-,35-/m1/s1. The SMILES string of the molecule is CCCCOC(=O)[C@]1(C)[C@@H]2CC[C@]3(C)[C@H](CC=C4[C@@H]5[C@@H](C)[C@H](C)CC[C@]5(C)CC[C@]43C)[C@@]2(C)CC(C#N)[C@@H]1O. The molecule has 1 N–H and O–H groups in total. The summed E-state index contributed by atoms with van der Waals surface area (Å²) in [6.07, 6.45) is 12.4. The van der Waals surface area contributed by atoms with Crippen LogP contribution < -0.4 is 0 Å². The summed E-state index contributed by atoms with van der Waals surface area (Å²) in [7, 11) is 0. The highest BCUT2D eigenvalue weighted by atomic mass is 16.5. The molecule has 4 fully saturated rings. The minimum absolute atomic E-state index is 0.0119. The fourth-order valence-corrected chi connectivity index (χ4v) is 11.5. The second-order valence-electron chi connectivity index (χ2n) is 16.0. The normalized spacial score (nSPS) is 52.7. The van der Waals surface area contributed by atoms with Gasteiger partial charge in [-0.05, 0) is 116 Å². The van der Waals surface area contributed by atoms with Crippen molar-refractivity contribution in [2.75, 3.05) is 6.61 Å². The number of ether oxygens (including phenoxy) is 1. The first kappa shape index (κ1) is 29.2. The van der Waals surface area contributed by atoms with E-state index in [1.54, 1.807) is 5.57 Å². The highest BCUT2D eigenvalue weighted by molar-refractivity contribution is 5.78. The first-order valence-electron chi connectivity index (χ1n) is 16.2. The Morgan fingerprint density at radius 2 is 1.79 bits per heavy atom. The van der Waals surface area contributed by atoms with Gasteiger partial charge in [0.25, 0.3) is 0 Å². The Labute approximate surface area is 238 Å². The highest BCUT2D eigenvalue weighted by Gasteiger charge is 2.71. The van der Waals surface area contributed by atoms with Gasteiger partial charge < -0.3 is 9.84 Å². The number of unbranched alkanes of at least 4 members (excludes halogenated alkanes) is 1. The van der Waals surface area contributed by atoms with Crippen LogP contribution >= 0.6 is 0 Å². The number of nitrogens with zero attached hydrogens (tertiary/aromatic N) is 1. The topological polar surface area (TPSA) is 70.3 Å². The van der Waals surface area contributed by atoms with Gasteiger partial charge in [0.1, 0.15) is 0 Å². The lowest BCUT2D eigenvalue weighted by Crippen LogP contribution is -2.67. The Morgan fingerprint density at radius 3 is 2.46 bits per heavy atom. The Balaban J connectivity index is 1.57. The summed E-state index contributed by atoms with van der Waals surface area (Å²) in [6, 6.07) is 2.44. The summed E-state index contributed by atoms with van der Waals surface area (Å²) in [5.74, 6) is 1.67. The molecule has 0 saturated heterocycles. The van der Waals surface area contributed by atoms with Crippen molar-refractivity contribution < 1.29 is 14.6 Å². The van der Waals surface area contributed by atoms with Crippen LogP contribution in [0.5, 0.6) is 0 Å². The van der Waals surface area contributed by atoms with Crippen molar-refractivity contribution in [2.24, 2.45) is 62.6 Å². The largest absolute Gasteiger partial charge is 0.465 e. The number of esters is 1. The number of hydrogen-bond donors (Lipinski definition) is 1. The molecule has 0 bridgehead atoms. The van der Waals surface area contributed by atoms with E-state index in [0.29, 0.717) is 36.2 Å². The molecule has 12 atom stereocenters. The Bertz CT molecular complexity index is 1060. The number of hydrogen-bond acceptors (Lipinski definition) is 4. The van der Waals surface area contributed by atoms with Crippen molar-refractivity contribution in [1.29, 1.82) is 5.26 Å². The van der Waals surface area contributed by atoms with Crippen LogP contribution in [0.1, 0.15) is 120 Å². The molecular weight excluding hydrogens is 482 g/mol. The van der Waals surface area contributed by atoms with Crippen molar-refractivity contribution in [2.45, 2.75) is 126 Å². The summed E-state index contributed by atoms with van der Waals surface area (Å²) in [6.45, 7) is 19.5. The quantitative estimate of drug-likeness (QED) is 0.223. The van der Waals surface area contributed by atoms with Gasteiger partial charge in [-0.15, -0.1) is 0 Å². The molecule has 5 rings (SSSR count). The molecule has 4 heteroatoms. The Morgan fingerprint density at radius 1 is 1.08 bits per heavy atom. The molecule has 1 unspecified atom stereocenters. The smallest absolute Gasteiger partial charge is 0.314 e. The molecular formula is C35H55NO3. The van der Waals surface area contributed by atoms with Gasteiger partial charge >= 0.3 is 5.97 Å². The number of allylic oxidation sites excluding steroid dienone is 2. The minimum atomic E-state index is -1.05. The molecule has 5 aliphatic rings. The van der Waals surface area contributed by atoms with Gasteiger partial charge in [-0.2, -0.15) is 5.26 Å². The zero-order chi connectivity index (χ0) is 28.6. The second-order valence-corrected chi connectivity index (χ2v) is 16.0. The van der Waals surface area contributed by atoms with Crippen molar-refractivity contribution in [3.63, 3.8) is 0 Å². The summed E-state index contributed by atoms with van der Waals surface area (Å²) in [5.41, 5.74) is 1.14. The zero-order valence-electron chi connectivity index (χ0n) is 26.1. The molecule has 218 valence electrons. The van der Waals surface area contributed by atoms with Gasteiger partial charge in [0.15, 0.2) is 0 Å². The van der Waals surface area contributed by atoms with Crippen molar-refractivity contribution in [3.05, 3.63) is 11.6 Å². The number of aliphatic hydroxyl groups excluding tert-OH is 1. The fourth-order valence-electron chi connectivity index (χ4n) is 11.5. The molecule has 0 aromatic rings. The lowest BCUT2D eigenvalue weighted by atomic mass is 9.33. The molecule has 0 aliphatic heterocycles. The van der Waals surface area contributed by atoms with Crippen molar-refractivity contribution >= 4 is 5.97 Å². The lowest BCUT2D eigenvalue weighted by Gasteiger charge is -2.71. The van der Waals surface area contributed by atoms with Gasteiger partial charge in [0.05, 0.1) is 30.1 Å². The van der Waals surface area contributed by atoms with E-state index in [2.05, 4.69) is 60.6 Å². The van der Waals surface area contributed by atoms with Crippen molar-refractivity contribution in [1.82, 2.24) is 0 Å². The maximum absolute atomic E-state index is 13.8. The number of nitriles is 1. The maximum Gasteiger partial charge on any atom is 0.314 e. The average molecular weight is 538 g/mol. The van der Waals surface area contributed by atoms with Crippen molar-refractivity contribution in [3.8, 4) is 6.07 Å². The van der Waals surface area contributed by atoms with Crippen LogP contribution in [0.15, 0.2) is 11.6 Å². The van der Waals surface area contributed by atoms with E-state index in [9.17, 15) is 15.2 Å². The van der Waals surface area contributed by atoms with E-state index in [1.165, 1.54) is 25.7 Å². The molecule has 4 nitrogen and oxygen atoms in total. The van der Waals surface area contributed by atoms with E-state index in [0.717, 1.165) is 38.0 Å². The lowest BCUT2D eigenvalue weighted by molar-refractivity contribution is -0.227. The van der Waals surface area contributed by atoms with E-state index >= 15 is 0 Å². The molecule has 0 aromatic carbocycles. The van der Waals surface area contributed by atoms with Crippen LogP contribution in [0.4, 0.5) is 0 Å². The van der Waals surface area contributed by atoms with E-state index in [-0.39, 0.29) is 28.1 Å². The van der Waals surface area contributed by atoms with E-state index in [4.69, 9.17) is 4.74 Å². The third-order valence-electron chi connectivity index (χ3n) is 14.4. The van der Waals surface area contributed by atoms with Gasteiger partial charge in [-0.3, -0.25) is 4.79 Å². The number of carbonyl (C=O) groups is 1. The monoisotopic (exact) mass is 537 g/mol. The van der Waals surface area contributed by atoms with Crippen LogP contribution in [0.3, 0.4) is 0 Å². The fraction of sp³-hybridized carbons (Fsp3) is 0.886. The minimum Gasteiger partial charge on any atom is -0.465 e. The maximum atomic E-state index is 13.8. The molecule has 0 amide bonds. The predicted octanol–water partition coefficient (Wildman–Crippen LogP) is 8.10. The van der Waals surface area contributed by atoms with Gasteiger partial charge in [0, 0.05) is 0 Å². The van der Waals surface area contributed by atoms with Gasteiger partial charge in [-0.1, -0.05) is 66.5 Å². The molecule has 0 radical (unpaired) electrons. The molecule has 0 heterocycles. The molecule has 5 aliphatic carbocycles. The summed E-state index contributed by atoms with van der Waals surface area (Å²) in [4.78, 5) is 13.8. The molecule has 4 saturated carbocycles. The summed E-state index contributed by atoms with van der Waals surface area (Å²) in [5, 5.41) is 21.8. The first-order chi connectivity index (χ1) is 18.2. The first-order valence-corrected chi connectivity index (χ1v) is 16.2.